The van der Waals surface area contributed by atoms with Crippen molar-refractivity contribution >= 4 is 11.8 Å². The van der Waals surface area contributed by atoms with Gasteiger partial charge in [-0.25, -0.2) is 4.39 Å². The Labute approximate surface area is 168 Å². The Kier molecular flexibility index (Phi) is 5.86. The highest BCUT2D eigenvalue weighted by Crippen LogP contribution is 2.18. The van der Waals surface area contributed by atoms with Crippen LogP contribution in [-0.4, -0.2) is 77.3 Å². The van der Waals surface area contributed by atoms with Gasteiger partial charge in [0.2, 0.25) is 0 Å². The highest BCUT2D eigenvalue weighted by Gasteiger charge is 2.28. The molecule has 0 bridgehead atoms. The molecule has 154 valence electrons. The molecule has 0 aliphatic carbocycles. The Bertz CT molecular complexity index is 894. The molecule has 9 heteroatoms. The fourth-order valence-electron chi connectivity index (χ4n) is 3.58. The molecule has 1 aromatic carbocycles. The van der Waals surface area contributed by atoms with Crippen LogP contribution in [0.25, 0.3) is 0 Å². The molecule has 8 nitrogen and oxygen atoms in total. The van der Waals surface area contributed by atoms with E-state index in [1.165, 1.54) is 12.1 Å². The predicted octanol–water partition coefficient (Wildman–Crippen LogP) is 0.740. The number of nitrogens with one attached hydrogen (secondary N) is 1. The maximum Gasteiger partial charge on any atom is 0.272 e. The highest BCUT2D eigenvalue weighted by atomic mass is 19.1. The summed E-state index contributed by atoms with van der Waals surface area (Å²) >= 11 is 0. The summed E-state index contributed by atoms with van der Waals surface area (Å²) in [4.78, 5) is 29.0. The number of nitrogens with zero attached hydrogens (tertiary/aromatic N) is 4. The van der Waals surface area contributed by atoms with Crippen molar-refractivity contribution in [2.24, 2.45) is 0 Å². The van der Waals surface area contributed by atoms with Gasteiger partial charge in [0.15, 0.2) is 5.69 Å². The number of fused-ring (bicyclic) bond motifs is 1. The van der Waals surface area contributed by atoms with E-state index < -0.39 is 0 Å². The number of ether oxygens (including phenoxy) is 1. The quantitative estimate of drug-likeness (QED) is 0.773. The molecule has 1 fully saturated rings. The van der Waals surface area contributed by atoms with Gasteiger partial charge < -0.3 is 15.0 Å². The monoisotopic (exact) mass is 401 g/mol. The number of hydrogen-bond acceptors (Lipinski definition) is 5. The number of carbonyl (C=O) groups excluding carboxylic acids is 2. The summed E-state index contributed by atoms with van der Waals surface area (Å²) in [5.41, 5.74) is 1.05. The van der Waals surface area contributed by atoms with E-state index in [1.807, 2.05) is 0 Å². The van der Waals surface area contributed by atoms with E-state index >= 15 is 0 Å². The number of aromatic nitrogens is 2. The first kappa shape index (κ1) is 19.5. The van der Waals surface area contributed by atoms with Crippen molar-refractivity contribution in [1.29, 1.82) is 0 Å². The Morgan fingerprint density at radius 2 is 1.97 bits per heavy atom. The average Bonchev–Trinajstić information content (AvgIpc) is 3.18. The molecule has 0 saturated carbocycles. The summed E-state index contributed by atoms with van der Waals surface area (Å²) in [5.74, 6) is -0.882. The first-order valence-electron chi connectivity index (χ1n) is 9.80. The molecule has 1 N–H and O–H groups in total. The Hall–Kier alpha value is -2.78. The second-order valence-electron chi connectivity index (χ2n) is 7.17. The fraction of sp³-hybridized carbons (Fsp3) is 0.450. The van der Waals surface area contributed by atoms with Crippen molar-refractivity contribution in [2.45, 2.75) is 13.1 Å². The number of amides is 2. The van der Waals surface area contributed by atoms with Crippen LogP contribution in [0.3, 0.4) is 0 Å². The largest absolute Gasteiger partial charge is 0.379 e. The van der Waals surface area contributed by atoms with Crippen molar-refractivity contribution in [2.75, 3.05) is 45.9 Å². The Morgan fingerprint density at radius 1 is 1.17 bits per heavy atom. The minimum Gasteiger partial charge on any atom is -0.379 e. The van der Waals surface area contributed by atoms with Crippen LogP contribution in [0.2, 0.25) is 0 Å². The number of halogens is 1. The van der Waals surface area contributed by atoms with Gasteiger partial charge in [-0.3, -0.25) is 19.2 Å². The lowest BCUT2D eigenvalue weighted by molar-refractivity contribution is 0.0383. The molecule has 29 heavy (non-hydrogen) atoms. The van der Waals surface area contributed by atoms with E-state index in [9.17, 15) is 14.0 Å². The molecular weight excluding hydrogens is 377 g/mol. The van der Waals surface area contributed by atoms with Crippen LogP contribution in [0.1, 0.15) is 26.5 Å². The first-order chi connectivity index (χ1) is 14.1. The number of rotatable bonds is 6. The molecule has 0 spiro atoms. The SMILES string of the molecule is O=C(NCCN1CCOCC1)c1cc2n(n1)CCN(Cc1ccccc1F)C2=O. The van der Waals surface area contributed by atoms with Gasteiger partial charge >= 0.3 is 0 Å². The third-order valence-electron chi connectivity index (χ3n) is 5.24. The van der Waals surface area contributed by atoms with Gasteiger partial charge in [0, 0.05) is 50.9 Å². The first-order valence-corrected chi connectivity index (χ1v) is 9.80. The standard InChI is InChI=1S/C20H24FN5O3/c21-16-4-2-1-3-15(16)14-25-7-8-26-18(20(25)28)13-17(23-26)19(27)22-5-6-24-9-11-29-12-10-24/h1-4,13H,5-12,14H2,(H,22,27). The van der Waals surface area contributed by atoms with E-state index in [-0.39, 0.29) is 29.9 Å². The highest BCUT2D eigenvalue weighted by molar-refractivity contribution is 5.98. The van der Waals surface area contributed by atoms with E-state index in [4.69, 9.17) is 4.74 Å². The summed E-state index contributed by atoms with van der Waals surface area (Å²) in [6.07, 6.45) is 0. The molecule has 2 aromatic rings. The summed E-state index contributed by atoms with van der Waals surface area (Å²) in [6, 6.07) is 7.93. The fourth-order valence-corrected chi connectivity index (χ4v) is 3.58. The van der Waals surface area contributed by atoms with Crippen molar-refractivity contribution in [3.05, 3.63) is 53.1 Å². The molecule has 1 aromatic heterocycles. The lowest BCUT2D eigenvalue weighted by Crippen LogP contribution is -2.41. The van der Waals surface area contributed by atoms with E-state index in [1.54, 1.807) is 27.8 Å². The van der Waals surface area contributed by atoms with Gasteiger partial charge in [0.05, 0.1) is 19.8 Å². The second kappa shape index (κ2) is 8.71. The van der Waals surface area contributed by atoms with Crippen molar-refractivity contribution in [3.8, 4) is 0 Å². The van der Waals surface area contributed by atoms with E-state index in [2.05, 4.69) is 15.3 Å². The summed E-state index contributed by atoms with van der Waals surface area (Å²) < 4.78 is 20.8. The van der Waals surface area contributed by atoms with Crippen LogP contribution in [0.15, 0.2) is 30.3 Å². The van der Waals surface area contributed by atoms with Gasteiger partial charge in [0.25, 0.3) is 11.8 Å². The zero-order valence-electron chi connectivity index (χ0n) is 16.1. The second-order valence-corrected chi connectivity index (χ2v) is 7.17. The number of carbonyl (C=O) groups is 2. The predicted molar refractivity (Wildman–Crippen MR) is 103 cm³/mol. The van der Waals surface area contributed by atoms with Crippen LogP contribution >= 0.6 is 0 Å². The van der Waals surface area contributed by atoms with Gasteiger partial charge in [-0.15, -0.1) is 0 Å². The topological polar surface area (TPSA) is 79.7 Å². The lowest BCUT2D eigenvalue weighted by Gasteiger charge is -2.27. The molecule has 2 aliphatic heterocycles. The van der Waals surface area contributed by atoms with Crippen LogP contribution < -0.4 is 5.32 Å². The molecule has 3 heterocycles. The summed E-state index contributed by atoms with van der Waals surface area (Å²) in [7, 11) is 0. The van der Waals surface area contributed by atoms with Crippen molar-refractivity contribution in [1.82, 2.24) is 24.9 Å². The van der Waals surface area contributed by atoms with Gasteiger partial charge in [-0.05, 0) is 6.07 Å². The zero-order valence-corrected chi connectivity index (χ0v) is 16.1. The van der Waals surface area contributed by atoms with E-state index in [0.717, 1.165) is 19.6 Å². The van der Waals surface area contributed by atoms with Crippen LogP contribution in [0.4, 0.5) is 4.39 Å². The number of hydrogen-bond donors (Lipinski definition) is 1. The molecule has 2 amide bonds. The number of benzene rings is 1. The molecule has 2 aliphatic rings. The van der Waals surface area contributed by atoms with Gasteiger partial charge in [0.1, 0.15) is 11.5 Å². The summed E-state index contributed by atoms with van der Waals surface area (Å²) in [6.45, 7) is 5.49. The minimum atomic E-state index is -0.334. The Morgan fingerprint density at radius 3 is 2.76 bits per heavy atom. The normalized spacial score (nSPS) is 17.3. The third-order valence-corrected chi connectivity index (χ3v) is 5.24. The average molecular weight is 401 g/mol. The minimum absolute atomic E-state index is 0.192. The molecular formula is C20H24FN5O3. The van der Waals surface area contributed by atoms with Crippen LogP contribution in [-0.2, 0) is 17.8 Å². The lowest BCUT2D eigenvalue weighted by atomic mass is 10.1. The van der Waals surface area contributed by atoms with Gasteiger partial charge in [-0.1, -0.05) is 18.2 Å². The molecule has 0 atom stereocenters. The van der Waals surface area contributed by atoms with Crippen LogP contribution in [0, 0.1) is 5.82 Å². The van der Waals surface area contributed by atoms with E-state index in [0.29, 0.717) is 44.1 Å². The van der Waals surface area contributed by atoms with Gasteiger partial charge in [-0.2, -0.15) is 5.10 Å². The molecule has 1 saturated heterocycles. The van der Waals surface area contributed by atoms with Crippen molar-refractivity contribution < 1.29 is 18.7 Å². The smallest absolute Gasteiger partial charge is 0.272 e. The Balaban J connectivity index is 1.36. The maximum atomic E-state index is 13.9. The molecule has 0 radical (unpaired) electrons. The molecule has 0 unspecified atom stereocenters. The maximum absolute atomic E-state index is 13.9. The number of morpholine rings is 1. The van der Waals surface area contributed by atoms with Crippen LogP contribution in [0.5, 0.6) is 0 Å². The molecule has 4 rings (SSSR count). The third kappa shape index (κ3) is 4.46. The van der Waals surface area contributed by atoms with Crippen molar-refractivity contribution in [3.63, 3.8) is 0 Å². The zero-order chi connectivity index (χ0) is 20.2. The summed E-state index contributed by atoms with van der Waals surface area (Å²) in [5, 5.41) is 7.13.